The van der Waals surface area contributed by atoms with E-state index >= 15 is 0 Å². The van der Waals surface area contributed by atoms with Crippen LogP contribution in [0.2, 0.25) is 0 Å². The lowest BCUT2D eigenvalue weighted by atomic mass is 10.0. The molecule has 0 saturated carbocycles. The number of rotatable bonds is 7. The first-order valence-electron chi connectivity index (χ1n) is 8.33. The standard InChI is InChI=1S/C17H23F2N3O3S/c1-20-26(24,25)15-5-2-13(3-6-15)4-7-17(23)21-14-8-10-22(11-9-14)12-16(18)19/h2-7,14,16,20H,8-12H2,1H3,(H,21,23)/b7-4+. The van der Waals surface area contributed by atoms with E-state index in [1.807, 2.05) is 0 Å². The molecular formula is C17H23F2N3O3S. The van der Waals surface area contributed by atoms with Crippen molar-refractivity contribution >= 4 is 22.0 Å². The minimum Gasteiger partial charge on any atom is -0.350 e. The molecule has 0 aliphatic carbocycles. The van der Waals surface area contributed by atoms with E-state index in [0.29, 0.717) is 31.5 Å². The lowest BCUT2D eigenvalue weighted by Gasteiger charge is -2.31. The minimum absolute atomic E-state index is 0.0239. The Labute approximate surface area is 152 Å². The molecule has 0 radical (unpaired) electrons. The van der Waals surface area contributed by atoms with E-state index in [4.69, 9.17) is 0 Å². The molecule has 0 atom stereocenters. The van der Waals surface area contributed by atoms with E-state index in [-0.39, 0.29) is 23.4 Å². The average molecular weight is 387 g/mol. The summed E-state index contributed by atoms with van der Waals surface area (Å²) in [5.74, 6) is -0.260. The van der Waals surface area contributed by atoms with Gasteiger partial charge < -0.3 is 5.32 Å². The summed E-state index contributed by atoms with van der Waals surface area (Å²) < 4.78 is 50.2. The third kappa shape index (κ3) is 6.15. The summed E-state index contributed by atoms with van der Waals surface area (Å²) >= 11 is 0. The number of amides is 1. The molecule has 1 saturated heterocycles. The van der Waals surface area contributed by atoms with E-state index in [1.165, 1.54) is 25.3 Å². The van der Waals surface area contributed by atoms with Crippen LogP contribution in [-0.4, -0.2) is 58.4 Å². The number of nitrogens with one attached hydrogen (secondary N) is 2. The maximum Gasteiger partial charge on any atom is 0.251 e. The Kier molecular flexibility index (Phi) is 7.24. The smallest absolute Gasteiger partial charge is 0.251 e. The van der Waals surface area contributed by atoms with Crippen LogP contribution in [0.4, 0.5) is 8.78 Å². The van der Waals surface area contributed by atoms with Gasteiger partial charge in [0.2, 0.25) is 15.9 Å². The number of piperidine rings is 1. The number of benzene rings is 1. The monoisotopic (exact) mass is 387 g/mol. The second-order valence-electron chi connectivity index (χ2n) is 6.08. The van der Waals surface area contributed by atoms with Crippen LogP contribution in [0.3, 0.4) is 0 Å². The molecule has 2 N–H and O–H groups in total. The molecule has 2 rings (SSSR count). The second kappa shape index (κ2) is 9.20. The Morgan fingerprint density at radius 3 is 2.42 bits per heavy atom. The van der Waals surface area contributed by atoms with E-state index < -0.39 is 16.4 Å². The quantitative estimate of drug-likeness (QED) is 0.695. The fraction of sp³-hybridized carbons (Fsp3) is 0.471. The van der Waals surface area contributed by atoms with Crippen molar-refractivity contribution in [2.75, 3.05) is 26.7 Å². The zero-order valence-electron chi connectivity index (χ0n) is 14.5. The highest BCUT2D eigenvalue weighted by atomic mass is 32.2. The molecule has 1 aromatic carbocycles. The van der Waals surface area contributed by atoms with Crippen LogP contribution in [0, 0.1) is 0 Å². The normalized spacial score (nSPS) is 17.1. The molecule has 0 bridgehead atoms. The SMILES string of the molecule is CNS(=O)(=O)c1ccc(/C=C/C(=O)NC2CCN(CC(F)F)CC2)cc1. The van der Waals surface area contributed by atoms with Gasteiger partial charge in [0.25, 0.3) is 6.43 Å². The molecule has 1 aliphatic heterocycles. The Hall–Kier alpha value is -1.84. The Bertz CT molecular complexity index is 728. The number of halogens is 2. The molecule has 0 aromatic heterocycles. The van der Waals surface area contributed by atoms with Gasteiger partial charge in [-0.3, -0.25) is 9.69 Å². The van der Waals surface area contributed by atoms with E-state index in [1.54, 1.807) is 23.1 Å². The zero-order valence-corrected chi connectivity index (χ0v) is 15.3. The van der Waals surface area contributed by atoms with E-state index in [2.05, 4.69) is 10.0 Å². The van der Waals surface area contributed by atoms with Crippen LogP contribution >= 0.6 is 0 Å². The first-order chi connectivity index (χ1) is 12.3. The molecule has 1 heterocycles. The van der Waals surface area contributed by atoms with E-state index in [0.717, 1.165) is 0 Å². The number of carbonyl (C=O) groups is 1. The van der Waals surface area contributed by atoms with Crippen LogP contribution < -0.4 is 10.0 Å². The summed E-state index contributed by atoms with van der Waals surface area (Å²) in [6.07, 6.45) is 1.93. The first kappa shape index (κ1) is 20.5. The van der Waals surface area contributed by atoms with Crippen molar-refractivity contribution in [2.24, 2.45) is 0 Å². The Morgan fingerprint density at radius 1 is 1.27 bits per heavy atom. The minimum atomic E-state index is -3.48. The van der Waals surface area contributed by atoms with Crippen LogP contribution in [0.25, 0.3) is 6.08 Å². The maximum atomic E-state index is 12.3. The van der Waals surface area contributed by atoms with Crippen LogP contribution in [0.15, 0.2) is 35.2 Å². The molecule has 1 aliphatic rings. The van der Waals surface area contributed by atoms with Crippen molar-refractivity contribution in [3.8, 4) is 0 Å². The van der Waals surface area contributed by atoms with Gasteiger partial charge in [0.05, 0.1) is 11.4 Å². The number of carbonyl (C=O) groups excluding carboxylic acids is 1. The topological polar surface area (TPSA) is 78.5 Å². The van der Waals surface area contributed by atoms with Gasteiger partial charge in [-0.05, 0) is 43.7 Å². The van der Waals surface area contributed by atoms with Crippen LogP contribution in [-0.2, 0) is 14.8 Å². The van der Waals surface area contributed by atoms with Crippen molar-refractivity contribution in [3.63, 3.8) is 0 Å². The summed E-state index contributed by atoms with van der Waals surface area (Å²) in [5, 5.41) is 2.86. The molecule has 0 spiro atoms. The highest BCUT2D eigenvalue weighted by Gasteiger charge is 2.21. The number of hydrogen-bond acceptors (Lipinski definition) is 4. The third-order valence-electron chi connectivity index (χ3n) is 4.22. The van der Waals surface area contributed by atoms with Gasteiger partial charge in [-0.15, -0.1) is 0 Å². The zero-order chi connectivity index (χ0) is 19.2. The maximum absolute atomic E-state index is 12.3. The van der Waals surface area contributed by atoms with Gasteiger partial charge in [-0.1, -0.05) is 12.1 Å². The molecule has 144 valence electrons. The fourth-order valence-corrected chi connectivity index (χ4v) is 3.48. The molecule has 1 amide bonds. The number of hydrogen-bond donors (Lipinski definition) is 2. The molecule has 6 nitrogen and oxygen atoms in total. The van der Waals surface area contributed by atoms with Crippen molar-refractivity contribution < 1.29 is 22.0 Å². The summed E-state index contributed by atoms with van der Waals surface area (Å²) in [7, 11) is -2.14. The van der Waals surface area contributed by atoms with Gasteiger partial charge in [0.1, 0.15) is 0 Å². The van der Waals surface area contributed by atoms with Crippen molar-refractivity contribution in [3.05, 3.63) is 35.9 Å². The van der Waals surface area contributed by atoms with Crippen molar-refractivity contribution in [2.45, 2.75) is 30.2 Å². The van der Waals surface area contributed by atoms with Gasteiger partial charge >= 0.3 is 0 Å². The molecule has 0 unspecified atom stereocenters. The predicted molar refractivity (Wildman–Crippen MR) is 95.3 cm³/mol. The van der Waals surface area contributed by atoms with Gasteiger partial charge in [0, 0.05) is 25.2 Å². The Balaban J connectivity index is 1.83. The summed E-state index contributed by atoms with van der Waals surface area (Å²) in [6, 6.07) is 6.11. The highest BCUT2D eigenvalue weighted by Crippen LogP contribution is 2.13. The number of alkyl halides is 2. The van der Waals surface area contributed by atoms with E-state index in [9.17, 15) is 22.0 Å². The average Bonchev–Trinajstić information content (AvgIpc) is 2.61. The third-order valence-corrected chi connectivity index (χ3v) is 5.65. The number of nitrogens with zero attached hydrogens (tertiary/aromatic N) is 1. The van der Waals surface area contributed by atoms with Crippen LogP contribution in [0.1, 0.15) is 18.4 Å². The van der Waals surface area contributed by atoms with Gasteiger partial charge in [-0.25, -0.2) is 21.9 Å². The fourth-order valence-electron chi connectivity index (χ4n) is 2.75. The molecule has 26 heavy (non-hydrogen) atoms. The Morgan fingerprint density at radius 2 is 1.88 bits per heavy atom. The van der Waals surface area contributed by atoms with Gasteiger partial charge in [0.15, 0.2) is 0 Å². The lowest BCUT2D eigenvalue weighted by Crippen LogP contribution is -2.45. The molecule has 1 aromatic rings. The van der Waals surface area contributed by atoms with Crippen molar-refractivity contribution in [1.82, 2.24) is 14.9 Å². The molecular weight excluding hydrogens is 364 g/mol. The van der Waals surface area contributed by atoms with Crippen LogP contribution in [0.5, 0.6) is 0 Å². The number of likely N-dealkylation sites (tertiary alicyclic amines) is 1. The largest absolute Gasteiger partial charge is 0.350 e. The number of sulfonamides is 1. The lowest BCUT2D eigenvalue weighted by molar-refractivity contribution is -0.117. The van der Waals surface area contributed by atoms with Gasteiger partial charge in [-0.2, -0.15) is 0 Å². The van der Waals surface area contributed by atoms with Crippen molar-refractivity contribution in [1.29, 1.82) is 0 Å². The predicted octanol–water partition coefficient (Wildman–Crippen LogP) is 1.45. The summed E-state index contributed by atoms with van der Waals surface area (Å²) in [5.41, 5.74) is 0.696. The second-order valence-corrected chi connectivity index (χ2v) is 7.97. The summed E-state index contributed by atoms with van der Waals surface area (Å²) in [4.78, 5) is 13.8. The first-order valence-corrected chi connectivity index (χ1v) is 9.81. The molecule has 9 heteroatoms. The highest BCUT2D eigenvalue weighted by molar-refractivity contribution is 7.89. The summed E-state index contributed by atoms with van der Waals surface area (Å²) in [6.45, 7) is 0.862. The molecule has 1 fully saturated rings.